The highest BCUT2D eigenvalue weighted by Crippen LogP contribution is 2.18. The molecule has 1 rings (SSSR count). The smallest absolute Gasteiger partial charge is 0.314 e. The predicted molar refractivity (Wildman–Crippen MR) is 82.3 cm³/mol. The maximum atomic E-state index is 11.5. The Morgan fingerprint density at radius 3 is 2.65 bits per heavy atom. The van der Waals surface area contributed by atoms with Crippen LogP contribution in [0.4, 0.5) is 4.79 Å². The first-order chi connectivity index (χ1) is 9.63. The molecule has 0 heterocycles. The fourth-order valence-corrected chi connectivity index (χ4v) is 1.83. The summed E-state index contributed by atoms with van der Waals surface area (Å²) in [6.45, 7) is 7.92. The van der Waals surface area contributed by atoms with E-state index in [1.54, 1.807) is 0 Å². The average molecular weight is 278 g/mol. The topological polar surface area (TPSA) is 50.4 Å². The Hall–Kier alpha value is -1.71. The van der Waals surface area contributed by atoms with Gasteiger partial charge in [-0.2, -0.15) is 0 Å². The van der Waals surface area contributed by atoms with Crippen LogP contribution in [-0.4, -0.2) is 25.7 Å². The van der Waals surface area contributed by atoms with Crippen LogP contribution in [0.5, 0.6) is 5.75 Å². The fraction of sp³-hybridized carbons (Fsp3) is 0.562. The summed E-state index contributed by atoms with van der Waals surface area (Å²) < 4.78 is 5.67. The maximum Gasteiger partial charge on any atom is 0.314 e. The molecule has 4 heteroatoms. The second kappa shape index (κ2) is 9.23. The van der Waals surface area contributed by atoms with Gasteiger partial charge in [0.25, 0.3) is 0 Å². The predicted octanol–water partition coefficient (Wildman–Crippen LogP) is 3.17. The van der Waals surface area contributed by atoms with E-state index >= 15 is 0 Å². The second-order valence-corrected chi connectivity index (χ2v) is 5.01. The second-order valence-electron chi connectivity index (χ2n) is 5.01. The Kier molecular flexibility index (Phi) is 7.55. The van der Waals surface area contributed by atoms with E-state index in [0.717, 1.165) is 37.1 Å². The molecule has 0 aliphatic rings. The highest BCUT2D eigenvalue weighted by Gasteiger charge is 2.01. The van der Waals surface area contributed by atoms with E-state index in [4.69, 9.17) is 4.74 Å². The van der Waals surface area contributed by atoms with Crippen LogP contribution in [0, 0.1) is 13.8 Å². The van der Waals surface area contributed by atoms with Crippen LogP contribution >= 0.6 is 0 Å². The molecule has 2 amide bonds. The third-order valence-electron chi connectivity index (χ3n) is 3.05. The molecule has 2 N–H and O–H groups in total. The van der Waals surface area contributed by atoms with Crippen molar-refractivity contribution in [3.05, 3.63) is 29.3 Å². The zero-order valence-corrected chi connectivity index (χ0v) is 12.8. The van der Waals surface area contributed by atoms with E-state index < -0.39 is 0 Å². The molecule has 0 atom stereocenters. The van der Waals surface area contributed by atoms with Gasteiger partial charge < -0.3 is 15.4 Å². The van der Waals surface area contributed by atoms with Gasteiger partial charge in [-0.1, -0.05) is 31.9 Å². The van der Waals surface area contributed by atoms with Gasteiger partial charge in [0.05, 0.1) is 6.54 Å². The lowest BCUT2D eigenvalue weighted by Gasteiger charge is -2.11. The largest absolute Gasteiger partial charge is 0.491 e. The third kappa shape index (κ3) is 6.45. The first-order valence-electron chi connectivity index (χ1n) is 7.35. The number of hydrogen-bond donors (Lipinski definition) is 2. The minimum atomic E-state index is -0.120. The van der Waals surface area contributed by atoms with Crippen molar-refractivity contribution in [1.82, 2.24) is 10.6 Å². The number of aryl methyl sites for hydroxylation is 2. The molecule has 20 heavy (non-hydrogen) atoms. The van der Waals surface area contributed by atoms with Gasteiger partial charge in [0.2, 0.25) is 0 Å². The summed E-state index contributed by atoms with van der Waals surface area (Å²) in [4.78, 5) is 11.5. The number of amides is 2. The van der Waals surface area contributed by atoms with Crippen molar-refractivity contribution in [3.8, 4) is 5.75 Å². The van der Waals surface area contributed by atoms with Crippen molar-refractivity contribution in [2.24, 2.45) is 0 Å². The van der Waals surface area contributed by atoms with Crippen LogP contribution in [0.15, 0.2) is 18.2 Å². The first-order valence-corrected chi connectivity index (χ1v) is 7.35. The van der Waals surface area contributed by atoms with Crippen LogP contribution < -0.4 is 15.4 Å². The average Bonchev–Trinajstić information content (AvgIpc) is 2.43. The van der Waals surface area contributed by atoms with Crippen molar-refractivity contribution < 1.29 is 9.53 Å². The molecule has 0 bridgehead atoms. The van der Waals surface area contributed by atoms with Gasteiger partial charge in [-0.3, -0.25) is 0 Å². The third-order valence-corrected chi connectivity index (χ3v) is 3.05. The molecule has 0 aromatic heterocycles. The normalized spacial score (nSPS) is 10.2. The van der Waals surface area contributed by atoms with E-state index in [0.29, 0.717) is 13.2 Å². The van der Waals surface area contributed by atoms with Crippen molar-refractivity contribution in [2.45, 2.75) is 40.0 Å². The molecule has 0 fully saturated rings. The SMILES string of the molecule is CCCCCNC(=O)NCCOc1cc(C)ccc1C. The maximum absolute atomic E-state index is 11.5. The van der Waals surface area contributed by atoms with E-state index in [2.05, 4.69) is 23.6 Å². The zero-order valence-electron chi connectivity index (χ0n) is 12.8. The van der Waals surface area contributed by atoms with Crippen molar-refractivity contribution in [1.29, 1.82) is 0 Å². The van der Waals surface area contributed by atoms with Crippen LogP contribution in [-0.2, 0) is 0 Å². The summed E-state index contributed by atoms with van der Waals surface area (Å²) in [6.07, 6.45) is 3.34. The number of nitrogens with one attached hydrogen (secondary N) is 2. The van der Waals surface area contributed by atoms with Crippen LogP contribution in [0.3, 0.4) is 0 Å². The summed E-state index contributed by atoms with van der Waals surface area (Å²) in [5, 5.41) is 5.62. The van der Waals surface area contributed by atoms with Crippen molar-refractivity contribution >= 4 is 6.03 Å². The van der Waals surface area contributed by atoms with E-state index in [1.807, 2.05) is 26.0 Å². The lowest BCUT2D eigenvalue weighted by Crippen LogP contribution is -2.38. The van der Waals surface area contributed by atoms with E-state index in [9.17, 15) is 4.79 Å². The Morgan fingerprint density at radius 2 is 1.90 bits per heavy atom. The molecule has 4 nitrogen and oxygen atoms in total. The molecule has 1 aromatic rings. The van der Waals surface area contributed by atoms with Crippen LogP contribution in [0.25, 0.3) is 0 Å². The molecule has 0 radical (unpaired) electrons. The molecule has 0 aliphatic carbocycles. The standard InChI is InChI=1S/C16H26N2O2/c1-4-5-6-9-17-16(19)18-10-11-20-15-12-13(2)7-8-14(15)3/h7-8,12H,4-6,9-11H2,1-3H3,(H2,17,18,19). The number of ether oxygens (including phenoxy) is 1. The van der Waals surface area contributed by atoms with Crippen molar-refractivity contribution in [2.75, 3.05) is 19.7 Å². The highest BCUT2D eigenvalue weighted by molar-refractivity contribution is 5.73. The number of unbranched alkanes of at least 4 members (excludes halogenated alkanes) is 2. The lowest BCUT2D eigenvalue weighted by molar-refractivity contribution is 0.236. The summed E-state index contributed by atoms with van der Waals surface area (Å²) in [5.74, 6) is 0.884. The number of carbonyl (C=O) groups is 1. The molecule has 112 valence electrons. The Labute approximate surface area is 121 Å². The number of rotatable bonds is 8. The van der Waals surface area contributed by atoms with E-state index in [1.165, 1.54) is 5.56 Å². The minimum Gasteiger partial charge on any atom is -0.491 e. The highest BCUT2D eigenvalue weighted by atomic mass is 16.5. The van der Waals surface area contributed by atoms with Crippen LogP contribution in [0.2, 0.25) is 0 Å². The van der Waals surface area contributed by atoms with Crippen LogP contribution in [0.1, 0.15) is 37.3 Å². The van der Waals surface area contributed by atoms with Crippen molar-refractivity contribution in [3.63, 3.8) is 0 Å². The monoisotopic (exact) mass is 278 g/mol. The molecule has 0 aliphatic heterocycles. The fourth-order valence-electron chi connectivity index (χ4n) is 1.83. The minimum absolute atomic E-state index is 0.120. The van der Waals surface area contributed by atoms with E-state index in [-0.39, 0.29) is 6.03 Å². The Morgan fingerprint density at radius 1 is 1.15 bits per heavy atom. The molecule has 1 aromatic carbocycles. The molecular weight excluding hydrogens is 252 g/mol. The van der Waals surface area contributed by atoms with Gasteiger partial charge in [-0.25, -0.2) is 4.79 Å². The number of urea groups is 1. The van der Waals surface area contributed by atoms with Gasteiger partial charge in [0.15, 0.2) is 0 Å². The molecule has 0 spiro atoms. The summed E-state index contributed by atoms with van der Waals surface area (Å²) in [5.41, 5.74) is 2.28. The molecule has 0 saturated carbocycles. The number of carbonyl (C=O) groups excluding carboxylic acids is 1. The van der Waals surface area contributed by atoms with Gasteiger partial charge in [0, 0.05) is 6.54 Å². The molecule has 0 unspecified atom stereocenters. The van der Waals surface area contributed by atoms with Gasteiger partial charge in [0.1, 0.15) is 12.4 Å². The summed E-state index contributed by atoms with van der Waals surface area (Å²) >= 11 is 0. The first kappa shape index (κ1) is 16.3. The summed E-state index contributed by atoms with van der Waals surface area (Å²) in [7, 11) is 0. The van der Waals surface area contributed by atoms with Gasteiger partial charge in [-0.05, 0) is 37.5 Å². The summed E-state index contributed by atoms with van der Waals surface area (Å²) in [6, 6.07) is 5.99. The Bertz CT molecular complexity index is 419. The number of hydrogen-bond acceptors (Lipinski definition) is 2. The zero-order chi connectivity index (χ0) is 14.8. The van der Waals surface area contributed by atoms with Gasteiger partial charge in [-0.15, -0.1) is 0 Å². The lowest BCUT2D eigenvalue weighted by atomic mass is 10.1. The molecule has 0 saturated heterocycles. The van der Waals surface area contributed by atoms with Gasteiger partial charge >= 0.3 is 6.03 Å². The quantitative estimate of drug-likeness (QED) is 0.718. The molecular formula is C16H26N2O2. The number of benzene rings is 1. The Balaban J connectivity index is 2.15.